The molecule has 18 heavy (non-hydrogen) atoms. The molecule has 0 saturated heterocycles. The molecular weight excluding hydrogens is 296 g/mol. The highest BCUT2D eigenvalue weighted by Crippen LogP contribution is 2.16. The van der Waals surface area contributed by atoms with Crippen LogP contribution in [-0.4, -0.2) is 24.1 Å². The van der Waals surface area contributed by atoms with Crippen molar-refractivity contribution in [2.24, 2.45) is 0 Å². The van der Waals surface area contributed by atoms with Crippen molar-refractivity contribution in [3.63, 3.8) is 0 Å². The summed E-state index contributed by atoms with van der Waals surface area (Å²) in [6.45, 7) is 3.49. The zero-order valence-corrected chi connectivity index (χ0v) is 11.7. The van der Waals surface area contributed by atoms with E-state index in [1.165, 1.54) is 0 Å². The molecule has 0 aliphatic carbocycles. The molecule has 0 spiro atoms. The molecule has 0 amide bonds. The summed E-state index contributed by atoms with van der Waals surface area (Å²) in [5.74, 6) is -0.278. The second kappa shape index (κ2) is 6.02. The van der Waals surface area contributed by atoms with Gasteiger partial charge in [0.2, 0.25) is 0 Å². The normalized spacial score (nSPS) is 14.6. The summed E-state index contributed by atoms with van der Waals surface area (Å²) in [4.78, 5) is 11.7. The maximum atomic E-state index is 11.7. The molecule has 0 aromatic heterocycles. The lowest BCUT2D eigenvalue weighted by Crippen LogP contribution is -2.34. The first kappa shape index (κ1) is 13.1. The second-order valence-corrected chi connectivity index (χ2v) is 4.80. The van der Waals surface area contributed by atoms with Crippen LogP contribution in [0.4, 0.5) is 0 Å². The van der Waals surface area contributed by atoms with Crippen LogP contribution >= 0.6 is 15.9 Å². The van der Waals surface area contributed by atoms with Crippen LogP contribution in [0.1, 0.15) is 12.5 Å². The van der Waals surface area contributed by atoms with E-state index < -0.39 is 0 Å². The van der Waals surface area contributed by atoms with Crippen molar-refractivity contribution in [2.45, 2.75) is 13.5 Å². The molecule has 1 N–H and O–H groups in total. The molecule has 5 heteroatoms. The number of ether oxygens (including phenoxy) is 1. The minimum atomic E-state index is -0.278. The Labute approximate surface area is 115 Å². The Balaban J connectivity index is 2.03. The van der Waals surface area contributed by atoms with Crippen LogP contribution in [0.25, 0.3) is 0 Å². The molecule has 0 unspecified atom stereocenters. The zero-order valence-electron chi connectivity index (χ0n) is 10.1. The van der Waals surface area contributed by atoms with Gasteiger partial charge < -0.3 is 4.74 Å². The van der Waals surface area contributed by atoms with Gasteiger partial charge in [0.05, 0.1) is 13.2 Å². The van der Waals surface area contributed by atoms with E-state index in [9.17, 15) is 4.79 Å². The lowest BCUT2D eigenvalue weighted by atomic mass is 10.2. The maximum Gasteiger partial charge on any atom is 0.355 e. The monoisotopic (exact) mass is 310 g/mol. The third-order valence-corrected chi connectivity index (χ3v) is 3.14. The van der Waals surface area contributed by atoms with Crippen LogP contribution in [0.2, 0.25) is 0 Å². The second-order valence-electron chi connectivity index (χ2n) is 3.88. The Hall–Kier alpha value is -1.33. The topological polar surface area (TPSA) is 41.6 Å². The first-order valence-corrected chi connectivity index (χ1v) is 6.62. The van der Waals surface area contributed by atoms with Crippen LogP contribution in [-0.2, 0) is 16.1 Å². The Morgan fingerprint density at radius 3 is 2.83 bits per heavy atom. The van der Waals surface area contributed by atoms with Crippen molar-refractivity contribution in [1.29, 1.82) is 0 Å². The van der Waals surface area contributed by atoms with Crippen molar-refractivity contribution < 1.29 is 9.53 Å². The maximum absolute atomic E-state index is 11.7. The zero-order chi connectivity index (χ0) is 13.0. The molecule has 0 fully saturated rings. The number of hydrogen-bond acceptors (Lipinski definition) is 4. The SMILES string of the molecule is CCOC(=O)C1=CCNN1Cc1ccc(Br)cc1. The smallest absolute Gasteiger partial charge is 0.355 e. The average molecular weight is 311 g/mol. The number of esters is 1. The van der Waals surface area contributed by atoms with Crippen molar-refractivity contribution in [1.82, 2.24) is 10.4 Å². The van der Waals surface area contributed by atoms with Gasteiger partial charge in [-0.25, -0.2) is 10.2 Å². The van der Waals surface area contributed by atoms with Gasteiger partial charge in [0.1, 0.15) is 5.70 Å². The van der Waals surface area contributed by atoms with Gasteiger partial charge in [0.15, 0.2) is 0 Å². The van der Waals surface area contributed by atoms with Gasteiger partial charge in [-0.05, 0) is 30.7 Å². The van der Waals surface area contributed by atoms with Gasteiger partial charge in [-0.1, -0.05) is 28.1 Å². The molecular formula is C13H15BrN2O2. The van der Waals surface area contributed by atoms with Gasteiger partial charge in [0, 0.05) is 11.0 Å². The lowest BCUT2D eigenvalue weighted by Gasteiger charge is -2.21. The van der Waals surface area contributed by atoms with Gasteiger partial charge in [-0.15, -0.1) is 0 Å². The number of hydrogen-bond donors (Lipinski definition) is 1. The molecule has 0 bridgehead atoms. The van der Waals surface area contributed by atoms with Crippen LogP contribution < -0.4 is 5.43 Å². The summed E-state index contributed by atoms with van der Waals surface area (Å²) < 4.78 is 6.06. The first-order chi connectivity index (χ1) is 8.70. The summed E-state index contributed by atoms with van der Waals surface area (Å²) in [5.41, 5.74) is 4.85. The Morgan fingerprint density at radius 1 is 1.44 bits per heavy atom. The quantitative estimate of drug-likeness (QED) is 0.866. The summed E-state index contributed by atoms with van der Waals surface area (Å²) in [7, 11) is 0. The van der Waals surface area contributed by atoms with E-state index in [1.54, 1.807) is 6.92 Å². The number of benzene rings is 1. The fourth-order valence-electron chi connectivity index (χ4n) is 1.76. The molecule has 1 aromatic rings. The third kappa shape index (κ3) is 3.11. The van der Waals surface area contributed by atoms with E-state index in [1.807, 2.05) is 35.4 Å². The van der Waals surface area contributed by atoms with E-state index in [0.717, 1.165) is 10.0 Å². The summed E-state index contributed by atoms with van der Waals surface area (Å²) in [6, 6.07) is 8.01. The predicted molar refractivity (Wildman–Crippen MR) is 72.4 cm³/mol. The minimum absolute atomic E-state index is 0.278. The fraction of sp³-hybridized carbons (Fsp3) is 0.308. The standard InChI is InChI=1S/C13H15BrN2O2/c1-2-18-13(17)12-7-8-15-16(12)9-10-3-5-11(14)6-4-10/h3-7,15H,2,8-9H2,1H3. The molecule has 1 aliphatic heterocycles. The highest BCUT2D eigenvalue weighted by molar-refractivity contribution is 9.10. The third-order valence-electron chi connectivity index (χ3n) is 2.61. The van der Waals surface area contributed by atoms with Gasteiger partial charge >= 0.3 is 5.97 Å². The van der Waals surface area contributed by atoms with Gasteiger partial charge in [-0.2, -0.15) is 0 Å². The Morgan fingerprint density at radius 2 is 2.17 bits per heavy atom. The number of carbonyl (C=O) groups is 1. The highest BCUT2D eigenvalue weighted by Gasteiger charge is 2.22. The first-order valence-electron chi connectivity index (χ1n) is 5.83. The average Bonchev–Trinajstić information content (AvgIpc) is 2.81. The number of nitrogens with zero attached hydrogens (tertiary/aromatic N) is 1. The van der Waals surface area contributed by atoms with Crippen LogP contribution in [0.3, 0.4) is 0 Å². The number of carbonyl (C=O) groups excluding carboxylic acids is 1. The predicted octanol–water partition coefficient (Wildman–Crippen LogP) is 2.22. The molecule has 0 atom stereocenters. The van der Waals surface area contributed by atoms with Crippen molar-refractivity contribution in [3.05, 3.63) is 46.1 Å². The number of hydrazine groups is 1. The van der Waals surface area contributed by atoms with E-state index in [-0.39, 0.29) is 5.97 Å². The summed E-state index contributed by atoms with van der Waals surface area (Å²) in [5, 5.41) is 1.82. The highest BCUT2D eigenvalue weighted by atomic mass is 79.9. The van der Waals surface area contributed by atoms with Crippen LogP contribution in [0, 0.1) is 0 Å². The lowest BCUT2D eigenvalue weighted by molar-refractivity contribution is -0.140. The van der Waals surface area contributed by atoms with Crippen LogP contribution in [0.5, 0.6) is 0 Å². The molecule has 4 nitrogen and oxygen atoms in total. The largest absolute Gasteiger partial charge is 0.461 e. The molecule has 96 valence electrons. The molecule has 0 saturated carbocycles. The molecule has 1 heterocycles. The Kier molecular flexibility index (Phi) is 4.38. The molecule has 1 aliphatic rings. The number of nitrogens with one attached hydrogen (secondary N) is 1. The van der Waals surface area contributed by atoms with Crippen molar-refractivity contribution in [2.75, 3.05) is 13.2 Å². The van der Waals surface area contributed by atoms with Gasteiger partial charge in [0.25, 0.3) is 0 Å². The molecule has 0 radical (unpaired) electrons. The summed E-state index contributed by atoms with van der Waals surface area (Å²) in [6.07, 6.45) is 1.84. The number of halogens is 1. The van der Waals surface area contributed by atoms with Gasteiger partial charge in [-0.3, -0.25) is 5.01 Å². The summed E-state index contributed by atoms with van der Waals surface area (Å²) >= 11 is 3.40. The number of rotatable bonds is 4. The van der Waals surface area contributed by atoms with Crippen molar-refractivity contribution >= 4 is 21.9 Å². The Bertz CT molecular complexity index is 457. The van der Waals surface area contributed by atoms with Crippen LogP contribution in [0.15, 0.2) is 40.5 Å². The molecule has 2 rings (SSSR count). The minimum Gasteiger partial charge on any atom is -0.461 e. The van der Waals surface area contributed by atoms with E-state index in [2.05, 4.69) is 21.4 Å². The van der Waals surface area contributed by atoms with E-state index in [4.69, 9.17) is 4.74 Å². The molecule has 1 aromatic carbocycles. The van der Waals surface area contributed by atoms with E-state index in [0.29, 0.717) is 25.4 Å². The van der Waals surface area contributed by atoms with Crippen molar-refractivity contribution in [3.8, 4) is 0 Å². The fourth-order valence-corrected chi connectivity index (χ4v) is 2.02. The van der Waals surface area contributed by atoms with E-state index >= 15 is 0 Å².